The number of hydrogen-bond donors (Lipinski definition) is 1. The van der Waals surface area contributed by atoms with Gasteiger partial charge in [0.1, 0.15) is 5.65 Å². The molecule has 0 atom stereocenters. The molecule has 3 rings (SSSR count). The fourth-order valence-electron chi connectivity index (χ4n) is 2.70. The first-order chi connectivity index (χ1) is 12.0. The first-order valence-electron chi connectivity index (χ1n) is 7.82. The van der Waals surface area contributed by atoms with Gasteiger partial charge in [0.2, 0.25) is 0 Å². The van der Waals surface area contributed by atoms with Crippen molar-refractivity contribution in [3.05, 3.63) is 57.7 Å². The lowest BCUT2D eigenvalue weighted by molar-refractivity contribution is 0.461. The summed E-state index contributed by atoms with van der Waals surface area (Å²) in [5, 5.41) is 4.09. The predicted octanol–water partition coefficient (Wildman–Crippen LogP) is 3.91. The molecular formula is C17H21BrClIN6. The van der Waals surface area contributed by atoms with Gasteiger partial charge in [0.25, 0.3) is 0 Å². The number of nitrogens with zero attached hydrogens (tertiary/aromatic N) is 5. The normalized spacial score (nSPS) is 11.5. The Morgan fingerprint density at radius 3 is 2.77 bits per heavy atom. The monoisotopic (exact) mass is 550 g/mol. The highest BCUT2D eigenvalue weighted by Crippen LogP contribution is 2.15. The van der Waals surface area contributed by atoms with Gasteiger partial charge in [-0.05, 0) is 34.1 Å². The third-order valence-electron chi connectivity index (χ3n) is 3.94. The van der Waals surface area contributed by atoms with Crippen LogP contribution in [0, 0.1) is 0 Å². The average Bonchev–Trinajstić information content (AvgIpc) is 3.10. The molecule has 0 unspecified atom stereocenters. The number of nitrogens with one attached hydrogen (secondary N) is 1. The number of halogens is 3. The summed E-state index contributed by atoms with van der Waals surface area (Å²) in [5.74, 6) is 0.801. The molecule has 9 heteroatoms. The van der Waals surface area contributed by atoms with Crippen molar-refractivity contribution in [3.63, 3.8) is 0 Å². The molecule has 0 saturated carbocycles. The predicted molar refractivity (Wildman–Crippen MR) is 120 cm³/mol. The third-order valence-corrected chi connectivity index (χ3v) is 4.62. The van der Waals surface area contributed by atoms with Crippen molar-refractivity contribution in [2.24, 2.45) is 12.0 Å². The molecule has 0 radical (unpaired) electrons. The SMILES string of the molecule is CN=C(NCc1cn2cc(Br)ccc2n1)N(C)Cc1cc(Cl)cn1C.I. The lowest BCUT2D eigenvalue weighted by Crippen LogP contribution is -2.38. The standard InChI is InChI=1S/C17H20BrClN6.HI/c1-20-17(24(3)11-15-6-13(19)9-23(15)2)21-7-14-10-25-8-12(18)4-5-16(25)22-14;/h4-6,8-10H,7,11H2,1-3H3,(H,20,21);1H. The highest BCUT2D eigenvalue weighted by molar-refractivity contribution is 14.0. The number of guanidine groups is 1. The van der Waals surface area contributed by atoms with Gasteiger partial charge in [-0.2, -0.15) is 0 Å². The molecule has 1 N–H and O–H groups in total. The van der Waals surface area contributed by atoms with E-state index in [1.54, 1.807) is 7.05 Å². The second-order valence-corrected chi connectivity index (χ2v) is 7.21. The minimum atomic E-state index is 0. The second kappa shape index (κ2) is 9.09. The summed E-state index contributed by atoms with van der Waals surface area (Å²) in [5.41, 5.74) is 2.99. The number of rotatable bonds is 4. The highest BCUT2D eigenvalue weighted by atomic mass is 127. The van der Waals surface area contributed by atoms with Crippen molar-refractivity contribution in [2.75, 3.05) is 14.1 Å². The number of aliphatic imine (C=N–C) groups is 1. The van der Waals surface area contributed by atoms with Gasteiger partial charge in [0.15, 0.2) is 5.96 Å². The van der Waals surface area contributed by atoms with Crippen LogP contribution < -0.4 is 5.32 Å². The van der Waals surface area contributed by atoms with E-state index in [1.165, 1.54) is 0 Å². The first kappa shape index (κ1) is 21.0. The van der Waals surface area contributed by atoms with E-state index < -0.39 is 0 Å². The van der Waals surface area contributed by atoms with E-state index in [-0.39, 0.29) is 24.0 Å². The molecule has 0 aliphatic heterocycles. The molecule has 0 aliphatic rings. The quantitative estimate of drug-likeness (QED) is 0.304. The third kappa shape index (κ3) is 4.92. The lowest BCUT2D eigenvalue weighted by Gasteiger charge is -2.22. The summed E-state index contributed by atoms with van der Waals surface area (Å²) in [7, 11) is 5.76. The van der Waals surface area contributed by atoms with Crippen molar-refractivity contribution >= 4 is 63.1 Å². The van der Waals surface area contributed by atoms with Crippen LogP contribution in [0.5, 0.6) is 0 Å². The van der Waals surface area contributed by atoms with Crippen molar-refractivity contribution in [3.8, 4) is 0 Å². The molecule has 0 aliphatic carbocycles. The fourth-order valence-corrected chi connectivity index (χ4v) is 3.32. The summed E-state index contributed by atoms with van der Waals surface area (Å²) in [6.45, 7) is 1.31. The van der Waals surface area contributed by atoms with E-state index in [9.17, 15) is 0 Å². The molecule has 0 spiro atoms. The van der Waals surface area contributed by atoms with E-state index in [0.717, 1.165) is 32.5 Å². The summed E-state index contributed by atoms with van der Waals surface area (Å²) in [6, 6.07) is 5.93. The zero-order chi connectivity index (χ0) is 18.0. The molecule has 140 valence electrons. The maximum atomic E-state index is 6.05. The Labute approximate surface area is 183 Å². The Hall–Kier alpha value is -1.26. The number of aryl methyl sites for hydroxylation is 1. The molecule has 0 bridgehead atoms. The van der Waals surface area contributed by atoms with E-state index in [1.807, 2.05) is 59.9 Å². The Morgan fingerprint density at radius 1 is 1.35 bits per heavy atom. The van der Waals surface area contributed by atoms with Crippen LogP contribution in [-0.2, 0) is 20.1 Å². The number of pyridine rings is 1. The minimum Gasteiger partial charge on any atom is -0.351 e. The van der Waals surface area contributed by atoms with Gasteiger partial charge < -0.3 is 19.2 Å². The molecular weight excluding hydrogens is 530 g/mol. The number of imidazole rings is 1. The summed E-state index contributed by atoms with van der Waals surface area (Å²) in [6.07, 6.45) is 5.90. The molecule has 3 aromatic heterocycles. The second-order valence-electron chi connectivity index (χ2n) is 5.86. The van der Waals surface area contributed by atoms with Gasteiger partial charge in [-0.25, -0.2) is 4.98 Å². The maximum Gasteiger partial charge on any atom is 0.194 e. The van der Waals surface area contributed by atoms with Crippen LogP contribution in [0.2, 0.25) is 5.02 Å². The van der Waals surface area contributed by atoms with Gasteiger partial charge in [-0.15, -0.1) is 24.0 Å². The zero-order valence-corrected chi connectivity index (χ0v) is 19.5. The summed E-state index contributed by atoms with van der Waals surface area (Å²) >= 11 is 9.53. The van der Waals surface area contributed by atoms with E-state index in [2.05, 4.69) is 36.1 Å². The van der Waals surface area contributed by atoms with E-state index >= 15 is 0 Å². The summed E-state index contributed by atoms with van der Waals surface area (Å²) in [4.78, 5) is 11.0. The molecule has 0 fully saturated rings. The summed E-state index contributed by atoms with van der Waals surface area (Å²) < 4.78 is 5.04. The van der Waals surface area contributed by atoms with Crippen molar-refractivity contribution in [1.29, 1.82) is 0 Å². The van der Waals surface area contributed by atoms with E-state index in [0.29, 0.717) is 13.1 Å². The first-order valence-corrected chi connectivity index (χ1v) is 8.99. The molecule has 3 heterocycles. The Kier molecular flexibility index (Phi) is 7.36. The van der Waals surface area contributed by atoms with Gasteiger partial charge in [0.05, 0.1) is 23.8 Å². The van der Waals surface area contributed by atoms with Crippen molar-refractivity contribution < 1.29 is 0 Å². The van der Waals surface area contributed by atoms with Crippen LogP contribution in [0.4, 0.5) is 0 Å². The van der Waals surface area contributed by atoms with Crippen molar-refractivity contribution in [1.82, 2.24) is 24.2 Å². The number of hydrogen-bond acceptors (Lipinski definition) is 2. The van der Waals surface area contributed by atoms with Crippen LogP contribution in [0.15, 0.2) is 46.3 Å². The topological polar surface area (TPSA) is 49.9 Å². The van der Waals surface area contributed by atoms with E-state index in [4.69, 9.17) is 11.6 Å². The zero-order valence-electron chi connectivity index (χ0n) is 14.8. The fraction of sp³-hybridized carbons (Fsp3) is 0.294. The number of fused-ring (bicyclic) bond motifs is 1. The number of aromatic nitrogens is 3. The van der Waals surface area contributed by atoms with Crippen LogP contribution in [0.3, 0.4) is 0 Å². The largest absolute Gasteiger partial charge is 0.351 e. The Morgan fingerprint density at radius 2 is 2.12 bits per heavy atom. The molecule has 0 saturated heterocycles. The minimum absolute atomic E-state index is 0. The average molecular weight is 552 g/mol. The molecule has 26 heavy (non-hydrogen) atoms. The highest BCUT2D eigenvalue weighted by Gasteiger charge is 2.10. The smallest absolute Gasteiger partial charge is 0.194 e. The Bertz CT molecular complexity index is 919. The van der Waals surface area contributed by atoms with Gasteiger partial charge in [-0.3, -0.25) is 4.99 Å². The lowest BCUT2D eigenvalue weighted by atomic mass is 10.4. The molecule has 0 amide bonds. The van der Waals surface area contributed by atoms with Gasteiger partial charge >= 0.3 is 0 Å². The van der Waals surface area contributed by atoms with Crippen LogP contribution in [-0.4, -0.2) is 38.9 Å². The maximum absolute atomic E-state index is 6.05. The van der Waals surface area contributed by atoms with Crippen LogP contribution >= 0.6 is 51.5 Å². The Balaban J connectivity index is 0.00000243. The van der Waals surface area contributed by atoms with Crippen LogP contribution in [0.1, 0.15) is 11.4 Å². The molecule has 6 nitrogen and oxygen atoms in total. The van der Waals surface area contributed by atoms with Crippen molar-refractivity contribution in [2.45, 2.75) is 13.1 Å². The molecule has 3 aromatic rings. The molecule has 0 aromatic carbocycles. The van der Waals surface area contributed by atoms with Gasteiger partial charge in [-0.1, -0.05) is 11.6 Å². The van der Waals surface area contributed by atoms with Gasteiger partial charge in [0, 0.05) is 49.9 Å². The van der Waals surface area contributed by atoms with Crippen LogP contribution in [0.25, 0.3) is 5.65 Å².